The number of hydrogen-bond acceptors (Lipinski definition) is 2. The van der Waals surface area contributed by atoms with Gasteiger partial charge in [0, 0.05) is 17.0 Å². The Morgan fingerprint density at radius 3 is 2.20 bits per heavy atom. The molecule has 4 rings (SSSR count). The van der Waals surface area contributed by atoms with Gasteiger partial charge in [-0.25, -0.2) is 0 Å². The van der Waals surface area contributed by atoms with Crippen molar-refractivity contribution in [1.29, 1.82) is 0 Å². The van der Waals surface area contributed by atoms with Crippen molar-refractivity contribution >= 4 is 23.1 Å². The van der Waals surface area contributed by atoms with Gasteiger partial charge in [0.05, 0.1) is 7.11 Å². The molecule has 0 bridgehead atoms. The van der Waals surface area contributed by atoms with Crippen molar-refractivity contribution in [2.24, 2.45) is 0 Å². The van der Waals surface area contributed by atoms with Gasteiger partial charge in [-0.2, -0.15) is 0 Å². The predicted molar refractivity (Wildman–Crippen MR) is 104 cm³/mol. The molecule has 0 saturated carbocycles. The van der Waals surface area contributed by atoms with Crippen LogP contribution in [0.4, 0.5) is 0 Å². The van der Waals surface area contributed by atoms with E-state index in [4.69, 9.17) is 9.15 Å². The summed E-state index contributed by atoms with van der Waals surface area (Å²) in [5.74, 6) is 1.66. The summed E-state index contributed by atoms with van der Waals surface area (Å²) in [6.45, 7) is 0. The number of ether oxygens (including phenoxy) is 1. The van der Waals surface area contributed by atoms with Crippen LogP contribution in [0.1, 0.15) is 11.1 Å². The molecular weight excluding hydrogens is 308 g/mol. The maximum Gasteiger partial charge on any atom is 0.138 e. The second-order valence-electron chi connectivity index (χ2n) is 5.88. The normalized spacial score (nSPS) is 11.2. The summed E-state index contributed by atoms with van der Waals surface area (Å²) < 4.78 is 11.2. The molecule has 122 valence electrons. The third-order valence-electron chi connectivity index (χ3n) is 4.19. The number of methoxy groups -OCH3 is 1. The van der Waals surface area contributed by atoms with Gasteiger partial charge in [-0.1, -0.05) is 66.7 Å². The minimum Gasteiger partial charge on any atom is -0.497 e. The minimum atomic E-state index is 0.801. The number of hydrogen-bond donors (Lipinski definition) is 0. The Kier molecular flexibility index (Phi) is 4.09. The molecular formula is C23H18O2. The third kappa shape index (κ3) is 3.33. The lowest BCUT2D eigenvalue weighted by atomic mass is 10.1. The summed E-state index contributed by atoms with van der Waals surface area (Å²) in [6.07, 6.45) is 4.23. The number of furan rings is 1. The van der Waals surface area contributed by atoms with Crippen molar-refractivity contribution in [2.45, 2.75) is 0 Å². The van der Waals surface area contributed by atoms with Crippen molar-refractivity contribution in [3.8, 4) is 17.1 Å². The van der Waals surface area contributed by atoms with Crippen LogP contribution < -0.4 is 4.74 Å². The molecule has 0 unspecified atom stereocenters. The van der Waals surface area contributed by atoms with Gasteiger partial charge in [0.15, 0.2) is 0 Å². The van der Waals surface area contributed by atoms with Gasteiger partial charge in [-0.15, -0.1) is 0 Å². The zero-order valence-corrected chi connectivity index (χ0v) is 14.0. The fourth-order valence-electron chi connectivity index (χ4n) is 2.80. The summed E-state index contributed by atoms with van der Waals surface area (Å²) in [7, 11) is 1.66. The molecule has 0 N–H and O–H groups in total. The smallest absolute Gasteiger partial charge is 0.138 e. The minimum absolute atomic E-state index is 0.801. The van der Waals surface area contributed by atoms with Crippen LogP contribution in [0.5, 0.6) is 5.75 Å². The third-order valence-corrected chi connectivity index (χ3v) is 4.19. The van der Waals surface area contributed by atoms with Crippen LogP contribution in [0.2, 0.25) is 0 Å². The molecule has 4 aromatic rings. The predicted octanol–water partition coefficient (Wildman–Crippen LogP) is 6.28. The van der Waals surface area contributed by atoms with Gasteiger partial charge < -0.3 is 9.15 Å². The van der Waals surface area contributed by atoms with E-state index >= 15 is 0 Å². The van der Waals surface area contributed by atoms with Crippen LogP contribution in [-0.2, 0) is 0 Å². The topological polar surface area (TPSA) is 22.4 Å². The highest BCUT2D eigenvalue weighted by Crippen LogP contribution is 2.30. The molecule has 1 heterocycles. The van der Waals surface area contributed by atoms with Gasteiger partial charge in [0.25, 0.3) is 0 Å². The Labute approximate surface area is 147 Å². The highest BCUT2D eigenvalue weighted by Gasteiger charge is 2.07. The largest absolute Gasteiger partial charge is 0.497 e. The van der Waals surface area contributed by atoms with Gasteiger partial charge in [0.1, 0.15) is 17.1 Å². The molecule has 0 fully saturated rings. The fraction of sp³-hybridized carbons (Fsp3) is 0.0435. The maximum atomic E-state index is 5.97. The summed E-state index contributed by atoms with van der Waals surface area (Å²) >= 11 is 0. The second-order valence-corrected chi connectivity index (χ2v) is 5.88. The highest BCUT2D eigenvalue weighted by atomic mass is 16.5. The molecule has 0 saturated heterocycles. The standard InChI is InChI=1S/C23H18O2/c1-24-21-14-13-20-15-22(25-23(20)16-21)19-11-9-18(10-12-19)8-7-17-5-3-2-4-6-17/h2-16H,1H3. The van der Waals surface area contributed by atoms with E-state index in [2.05, 4.69) is 54.6 Å². The molecule has 2 nitrogen and oxygen atoms in total. The van der Waals surface area contributed by atoms with E-state index in [0.717, 1.165) is 33.6 Å². The Morgan fingerprint density at radius 1 is 0.760 bits per heavy atom. The first kappa shape index (κ1) is 15.3. The molecule has 25 heavy (non-hydrogen) atoms. The molecule has 0 aliphatic rings. The molecule has 0 radical (unpaired) electrons. The van der Waals surface area contributed by atoms with Crippen LogP contribution in [0.25, 0.3) is 34.4 Å². The number of benzene rings is 3. The molecule has 0 atom stereocenters. The number of rotatable bonds is 4. The summed E-state index contributed by atoms with van der Waals surface area (Å²) in [5.41, 5.74) is 4.25. The monoisotopic (exact) mass is 326 g/mol. The first-order valence-corrected chi connectivity index (χ1v) is 8.23. The molecule has 1 aromatic heterocycles. The number of fused-ring (bicyclic) bond motifs is 1. The van der Waals surface area contributed by atoms with E-state index in [9.17, 15) is 0 Å². The summed E-state index contributed by atoms with van der Waals surface area (Å²) in [6, 6.07) is 26.6. The van der Waals surface area contributed by atoms with Crippen molar-refractivity contribution in [3.05, 3.63) is 90.0 Å². The first-order chi connectivity index (χ1) is 12.3. The zero-order chi connectivity index (χ0) is 17.1. The van der Waals surface area contributed by atoms with Crippen molar-refractivity contribution in [1.82, 2.24) is 0 Å². The van der Waals surface area contributed by atoms with E-state index < -0.39 is 0 Å². The average molecular weight is 326 g/mol. The Balaban J connectivity index is 1.58. The molecule has 0 aliphatic heterocycles. The van der Waals surface area contributed by atoms with E-state index in [-0.39, 0.29) is 0 Å². The lowest BCUT2D eigenvalue weighted by Gasteiger charge is -1.99. The van der Waals surface area contributed by atoms with E-state index in [1.54, 1.807) is 7.11 Å². The first-order valence-electron chi connectivity index (χ1n) is 8.23. The van der Waals surface area contributed by atoms with Crippen LogP contribution in [0.15, 0.2) is 83.3 Å². The van der Waals surface area contributed by atoms with E-state index in [0.29, 0.717) is 0 Å². The molecule has 0 aliphatic carbocycles. The van der Waals surface area contributed by atoms with Gasteiger partial charge in [-0.05, 0) is 29.3 Å². The second kappa shape index (κ2) is 6.70. The average Bonchev–Trinajstić information content (AvgIpc) is 3.10. The maximum absolute atomic E-state index is 5.97. The molecule has 0 amide bonds. The molecule has 2 heteroatoms. The SMILES string of the molecule is COc1ccc2cc(-c3ccc(C=Cc4ccccc4)cc3)oc2c1. The Morgan fingerprint density at radius 2 is 1.48 bits per heavy atom. The fourth-order valence-corrected chi connectivity index (χ4v) is 2.80. The van der Waals surface area contributed by atoms with E-state index in [1.165, 1.54) is 5.56 Å². The zero-order valence-electron chi connectivity index (χ0n) is 14.0. The molecule has 0 spiro atoms. The van der Waals surface area contributed by atoms with Crippen molar-refractivity contribution in [2.75, 3.05) is 7.11 Å². The van der Waals surface area contributed by atoms with Crippen molar-refractivity contribution < 1.29 is 9.15 Å². The Hall–Kier alpha value is -3.26. The van der Waals surface area contributed by atoms with Crippen molar-refractivity contribution in [3.63, 3.8) is 0 Å². The van der Waals surface area contributed by atoms with Crippen LogP contribution in [-0.4, -0.2) is 7.11 Å². The quantitative estimate of drug-likeness (QED) is 0.412. The van der Waals surface area contributed by atoms with Crippen LogP contribution in [0.3, 0.4) is 0 Å². The van der Waals surface area contributed by atoms with Crippen LogP contribution in [0, 0.1) is 0 Å². The lowest BCUT2D eigenvalue weighted by molar-refractivity contribution is 0.414. The summed E-state index contributed by atoms with van der Waals surface area (Å²) in [4.78, 5) is 0. The van der Waals surface area contributed by atoms with Crippen LogP contribution >= 0.6 is 0 Å². The summed E-state index contributed by atoms with van der Waals surface area (Å²) in [5, 5.41) is 1.07. The Bertz CT molecular complexity index is 1010. The van der Waals surface area contributed by atoms with Gasteiger partial charge in [0.2, 0.25) is 0 Å². The highest BCUT2D eigenvalue weighted by molar-refractivity contribution is 5.84. The lowest BCUT2D eigenvalue weighted by Crippen LogP contribution is -1.79. The van der Waals surface area contributed by atoms with Gasteiger partial charge >= 0.3 is 0 Å². The van der Waals surface area contributed by atoms with Gasteiger partial charge in [-0.3, -0.25) is 0 Å². The molecule has 3 aromatic carbocycles. The van der Waals surface area contributed by atoms with E-state index in [1.807, 2.05) is 36.4 Å².